The first-order chi connectivity index (χ1) is 11.8. The van der Waals surface area contributed by atoms with Crippen molar-refractivity contribution in [3.63, 3.8) is 0 Å². The summed E-state index contributed by atoms with van der Waals surface area (Å²) in [4.78, 5) is 12.1. The van der Waals surface area contributed by atoms with Crippen LogP contribution in [0.5, 0.6) is 5.75 Å². The molecule has 1 amide bonds. The predicted octanol–water partition coefficient (Wildman–Crippen LogP) is 2.29. The van der Waals surface area contributed by atoms with E-state index in [0.29, 0.717) is 0 Å². The number of hydrogen-bond acceptors (Lipinski definition) is 4. The monoisotopic (exact) mass is 362 g/mol. The Labute approximate surface area is 148 Å². The van der Waals surface area contributed by atoms with E-state index in [1.54, 1.807) is 12.1 Å². The fourth-order valence-electron chi connectivity index (χ4n) is 2.32. The number of benzene rings is 2. The Hall–Kier alpha value is -2.38. The average Bonchev–Trinajstić information content (AvgIpc) is 2.56. The van der Waals surface area contributed by atoms with E-state index in [9.17, 15) is 13.2 Å². The standard InChI is InChI=1S/C18H22N2O4S/c1-13-5-3-4-6-17(13)24-12-11-18(21)20-14(2)15-7-9-16(10-8-15)25(19,22)23/h3-10,14H,11-12H2,1-2H3,(H,20,21)(H2,19,22,23). The molecule has 3 N–H and O–H groups in total. The molecule has 0 fully saturated rings. The second-order valence-corrected chi connectivity index (χ2v) is 7.33. The third-order valence-corrected chi connectivity index (χ3v) is 4.70. The summed E-state index contributed by atoms with van der Waals surface area (Å²) in [7, 11) is -3.71. The summed E-state index contributed by atoms with van der Waals surface area (Å²) in [6, 6.07) is 13.5. The largest absolute Gasteiger partial charge is 0.493 e. The van der Waals surface area contributed by atoms with Crippen LogP contribution < -0.4 is 15.2 Å². The molecule has 0 saturated heterocycles. The maximum absolute atomic E-state index is 12.0. The maximum atomic E-state index is 12.0. The highest BCUT2D eigenvalue weighted by molar-refractivity contribution is 7.89. The molecule has 0 bridgehead atoms. The molecule has 2 aromatic rings. The zero-order valence-corrected chi connectivity index (χ0v) is 15.0. The highest BCUT2D eigenvalue weighted by Gasteiger charge is 2.12. The fourth-order valence-corrected chi connectivity index (χ4v) is 2.83. The van der Waals surface area contributed by atoms with Crippen molar-refractivity contribution >= 4 is 15.9 Å². The Morgan fingerprint density at radius 2 is 1.80 bits per heavy atom. The van der Waals surface area contributed by atoms with Gasteiger partial charge in [-0.25, -0.2) is 13.6 Å². The first-order valence-corrected chi connectivity index (χ1v) is 9.42. The van der Waals surface area contributed by atoms with Crippen LogP contribution in [-0.4, -0.2) is 20.9 Å². The van der Waals surface area contributed by atoms with E-state index in [1.807, 2.05) is 38.1 Å². The van der Waals surface area contributed by atoms with Crippen molar-refractivity contribution < 1.29 is 17.9 Å². The molecule has 1 atom stereocenters. The van der Waals surface area contributed by atoms with Crippen molar-refractivity contribution in [3.8, 4) is 5.75 Å². The minimum Gasteiger partial charge on any atom is -0.493 e. The number of amides is 1. The van der Waals surface area contributed by atoms with Crippen LogP contribution in [0, 0.1) is 6.92 Å². The molecule has 7 heteroatoms. The number of primary sulfonamides is 1. The van der Waals surface area contributed by atoms with Crippen LogP contribution in [0.2, 0.25) is 0 Å². The number of ether oxygens (including phenoxy) is 1. The molecule has 1 unspecified atom stereocenters. The van der Waals surface area contributed by atoms with Gasteiger partial charge in [-0.3, -0.25) is 4.79 Å². The molecule has 2 aromatic carbocycles. The van der Waals surface area contributed by atoms with Gasteiger partial charge in [0.2, 0.25) is 15.9 Å². The number of sulfonamides is 1. The van der Waals surface area contributed by atoms with Gasteiger partial charge in [0.05, 0.1) is 24.0 Å². The topological polar surface area (TPSA) is 98.5 Å². The molecular formula is C18H22N2O4S. The molecule has 134 valence electrons. The number of para-hydroxylation sites is 1. The van der Waals surface area contributed by atoms with Crippen LogP contribution in [0.15, 0.2) is 53.4 Å². The average molecular weight is 362 g/mol. The van der Waals surface area contributed by atoms with Crippen molar-refractivity contribution in [2.75, 3.05) is 6.61 Å². The molecule has 0 aliphatic heterocycles. The lowest BCUT2D eigenvalue weighted by Crippen LogP contribution is -2.28. The summed E-state index contributed by atoms with van der Waals surface area (Å²) >= 11 is 0. The lowest BCUT2D eigenvalue weighted by Gasteiger charge is -2.15. The number of carbonyl (C=O) groups excluding carboxylic acids is 1. The summed E-state index contributed by atoms with van der Waals surface area (Å²) < 4.78 is 28.1. The summed E-state index contributed by atoms with van der Waals surface area (Å²) in [5.74, 6) is 0.624. The van der Waals surface area contributed by atoms with E-state index in [4.69, 9.17) is 9.88 Å². The Kier molecular flexibility index (Phi) is 6.17. The third kappa shape index (κ3) is 5.58. The van der Waals surface area contributed by atoms with E-state index in [0.717, 1.165) is 16.9 Å². The van der Waals surface area contributed by atoms with Crippen LogP contribution in [0.4, 0.5) is 0 Å². The zero-order chi connectivity index (χ0) is 18.4. The first-order valence-electron chi connectivity index (χ1n) is 7.88. The van der Waals surface area contributed by atoms with E-state index < -0.39 is 10.0 Å². The number of aryl methyl sites for hydroxylation is 1. The minimum atomic E-state index is -3.71. The van der Waals surface area contributed by atoms with Crippen molar-refractivity contribution in [2.24, 2.45) is 5.14 Å². The second kappa shape index (κ2) is 8.13. The van der Waals surface area contributed by atoms with Gasteiger partial charge in [0.25, 0.3) is 0 Å². The van der Waals surface area contributed by atoms with Crippen LogP contribution in [0.1, 0.15) is 30.5 Å². The molecule has 0 aliphatic carbocycles. The van der Waals surface area contributed by atoms with Crippen LogP contribution in [0.3, 0.4) is 0 Å². The zero-order valence-electron chi connectivity index (χ0n) is 14.2. The molecule has 2 rings (SSSR count). The number of nitrogens with two attached hydrogens (primary N) is 1. The van der Waals surface area contributed by atoms with Gasteiger partial charge in [-0.2, -0.15) is 0 Å². The molecule has 0 spiro atoms. The molecule has 0 radical (unpaired) electrons. The van der Waals surface area contributed by atoms with E-state index >= 15 is 0 Å². The molecule has 0 aromatic heterocycles. The SMILES string of the molecule is Cc1ccccc1OCCC(=O)NC(C)c1ccc(S(N)(=O)=O)cc1. The first kappa shape index (κ1) is 19.0. The Balaban J connectivity index is 1.84. The maximum Gasteiger partial charge on any atom is 0.238 e. The van der Waals surface area contributed by atoms with Gasteiger partial charge in [-0.05, 0) is 43.2 Å². The third-order valence-electron chi connectivity index (χ3n) is 3.77. The lowest BCUT2D eigenvalue weighted by molar-refractivity contribution is -0.122. The summed E-state index contributed by atoms with van der Waals surface area (Å²) in [5, 5.41) is 7.92. The fraction of sp³-hybridized carbons (Fsp3) is 0.278. The lowest BCUT2D eigenvalue weighted by atomic mass is 10.1. The van der Waals surface area contributed by atoms with Gasteiger partial charge >= 0.3 is 0 Å². The summed E-state index contributed by atoms with van der Waals surface area (Å²) in [6.45, 7) is 4.06. The van der Waals surface area contributed by atoms with Crippen molar-refractivity contribution in [1.82, 2.24) is 5.32 Å². The molecule has 25 heavy (non-hydrogen) atoms. The Bertz CT molecular complexity index is 832. The van der Waals surface area contributed by atoms with E-state index in [1.165, 1.54) is 12.1 Å². The van der Waals surface area contributed by atoms with Crippen LogP contribution >= 0.6 is 0 Å². The smallest absolute Gasteiger partial charge is 0.238 e. The number of nitrogens with one attached hydrogen (secondary N) is 1. The molecule has 0 heterocycles. The predicted molar refractivity (Wildman–Crippen MR) is 95.7 cm³/mol. The van der Waals surface area contributed by atoms with Gasteiger partial charge < -0.3 is 10.1 Å². The number of rotatable bonds is 7. The number of carbonyl (C=O) groups is 1. The van der Waals surface area contributed by atoms with Gasteiger partial charge in [0.15, 0.2) is 0 Å². The highest BCUT2D eigenvalue weighted by atomic mass is 32.2. The molecule has 6 nitrogen and oxygen atoms in total. The van der Waals surface area contributed by atoms with E-state index in [2.05, 4.69) is 5.32 Å². The number of hydrogen-bond donors (Lipinski definition) is 2. The van der Waals surface area contributed by atoms with E-state index in [-0.39, 0.29) is 29.9 Å². The second-order valence-electron chi connectivity index (χ2n) is 5.77. The van der Waals surface area contributed by atoms with Crippen LogP contribution in [-0.2, 0) is 14.8 Å². The Morgan fingerprint density at radius 3 is 2.40 bits per heavy atom. The molecule has 0 aliphatic rings. The van der Waals surface area contributed by atoms with Crippen molar-refractivity contribution in [3.05, 3.63) is 59.7 Å². The van der Waals surface area contributed by atoms with Crippen LogP contribution in [0.25, 0.3) is 0 Å². The normalized spacial score (nSPS) is 12.4. The summed E-state index contributed by atoms with van der Waals surface area (Å²) in [6.07, 6.45) is 0.230. The highest BCUT2D eigenvalue weighted by Crippen LogP contribution is 2.17. The minimum absolute atomic E-state index is 0.0430. The van der Waals surface area contributed by atoms with Gasteiger partial charge in [-0.1, -0.05) is 30.3 Å². The van der Waals surface area contributed by atoms with Gasteiger partial charge in [0.1, 0.15) is 5.75 Å². The summed E-state index contributed by atoms with van der Waals surface area (Å²) in [5.41, 5.74) is 1.81. The van der Waals surface area contributed by atoms with Gasteiger partial charge in [-0.15, -0.1) is 0 Å². The quantitative estimate of drug-likeness (QED) is 0.789. The molecular weight excluding hydrogens is 340 g/mol. The van der Waals surface area contributed by atoms with Crippen molar-refractivity contribution in [2.45, 2.75) is 31.2 Å². The van der Waals surface area contributed by atoms with Crippen molar-refractivity contribution in [1.29, 1.82) is 0 Å². The Morgan fingerprint density at radius 1 is 1.16 bits per heavy atom. The van der Waals surface area contributed by atoms with Gasteiger partial charge in [0, 0.05) is 0 Å². The molecule has 0 saturated carbocycles.